The molecule has 1 fully saturated rings. The van der Waals surface area contributed by atoms with Crippen LogP contribution in [-0.4, -0.2) is 62.9 Å². The number of nitrogens with one attached hydrogen (secondary N) is 1. The molecule has 1 aromatic rings. The molecule has 0 aromatic heterocycles. The third kappa shape index (κ3) is 5.02. The van der Waals surface area contributed by atoms with Crippen molar-refractivity contribution in [2.75, 3.05) is 46.0 Å². The standard InChI is InChI=1S/C19H27ClN2O4/c1-13(2)11-22-4-7-24-15(12-22)10-21-19(23)14-8-16(20)18-17(9-14)25-5-3-6-26-18/h8-9,13,15H,3-7,10-12H2,1-2H3,(H,21,23). The fourth-order valence-electron chi connectivity index (χ4n) is 3.26. The number of fused-ring (bicyclic) bond motifs is 1. The van der Waals surface area contributed by atoms with Gasteiger partial charge in [-0.15, -0.1) is 0 Å². The first-order valence-electron chi connectivity index (χ1n) is 9.24. The Kier molecular flexibility index (Phi) is 6.62. The van der Waals surface area contributed by atoms with E-state index in [0.29, 0.717) is 54.4 Å². The van der Waals surface area contributed by atoms with Crippen LogP contribution in [0.1, 0.15) is 30.6 Å². The lowest BCUT2D eigenvalue weighted by atomic mass is 10.1. The maximum Gasteiger partial charge on any atom is 0.251 e. The summed E-state index contributed by atoms with van der Waals surface area (Å²) < 4.78 is 17.0. The van der Waals surface area contributed by atoms with Crippen molar-refractivity contribution in [3.05, 3.63) is 22.7 Å². The molecule has 1 aromatic carbocycles. The number of ether oxygens (including phenoxy) is 3. The normalized spacial score (nSPS) is 20.7. The number of carbonyl (C=O) groups is 1. The van der Waals surface area contributed by atoms with Crippen LogP contribution in [0.15, 0.2) is 12.1 Å². The molecule has 3 rings (SSSR count). The Bertz CT molecular complexity index is 638. The second-order valence-electron chi connectivity index (χ2n) is 7.19. The Labute approximate surface area is 159 Å². The van der Waals surface area contributed by atoms with Crippen molar-refractivity contribution in [3.63, 3.8) is 0 Å². The van der Waals surface area contributed by atoms with Gasteiger partial charge < -0.3 is 19.5 Å². The summed E-state index contributed by atoms with van der Waals surface area (Å²) in [6, 6.07) is 3.31. The second-order valence-corrected chi connectivity index (χ2v) is 7.60. The predicted octanol–water partition coefficient (Wildman–Crippen LogP) is 2.59. The van der Waals surface area contributed by atoms with Crippen LogP contribution in [0.25, 0.3) is 0 Å². The lowest BCUT2D eigenvalue weighted by Gasteiger charge is -2.33. The molecule has 1 unspecified atom stereocenters. The quantitative estimate of drug-likeness (QED) is 0.848. The van der Waals surface area contributed by atoms with Crippen molar-refractivity contribution in [1.29, 1.82) is 0 Å². The highest BCUT2D eigenvalue weighted by Crippen LogP contribution is 2.37. The van der Waals surface area contributed by atoms with E-state index in [-0.39, 0.29) is 12.0 Å². The predicted molar refractivity (Wildman–Crippen MR) is 100 cm³/mol. The van der Waals surface area contributed by atoms with E-state index < -0.39 is 0 Å². The van der Waals surface area contributed by atoms with Gasteiger partial charge in [0.05, 0.1) is 30.9 Å². The fraction of sp³-hybridized carbons (Fsp3) is 0.632. The van der Waals surface area contributed by atoms with E-state index in [1.165, 1.54) is 0 Å². The Morgan fingerprint density at radius 3 is 2.92 bits per heavy atom. The maximum atomic E-state index is 12.5. The number of benzene rings is 1. The van der Waals surface area contributed by atoms with E-state index in [1.54, 1.807) is 12.1 Å². The van der Waals surface area contributed by atoms with Crippen LogP contribution in [0, 0.1) is 5.92 Å². The summed E-state index contributed by atoms with van der Waals surface area (Å²) in [4.78, 5) is 14.9. The highest BCUT2D eigenvalue weighted by atomic mass is 35.5. The molecule has 2 aliphatic heterocycles. The molecule has 26 heavy (non-hydrogen) atoms. The molecule has 6 nitrogen and oxygen atoms in total. The Balaban J connectivity index is 1.58. The van der Waals surface area contributed by atoms with Crippen LogP contribution >= 0.6 is 11.6 Å². The molecule has 0 bridgehead atoms. The summed E-state index contributed by atoms with van der Waals surface area (Å²) in [6.07, 6.45) is 0.792. The number of rotatable bonds is 5. The van der Waals surface area contributed by atoms with Crippen molar-refractivity contribution in [2.24, 2.45) is 5.92 Å². The Morgan fingerprint density at radius 1 is 1.31 bits per heavy atom. The molecule has 2 aliphatic rings. The molecular formula is C19H27ClN2O4. The third-order valence-corrected chi connectivity index (χ3v) is 4.68. The van der Waals surface area contributed by atoms with Crippen LogP contribution in [0.5, 0.6) is 11.5 Å². The van der Waals surface area contributed by atoms with Gasteiger partial charge in [0, 0.05) is 38.2 Å². The van der Waals surface area contributed by atoms with Gasteiger partial charge >= 0.3 is 0 Å². The highest BCUT2D eigenvalue weighted by Gasteiger charge is 2.23. The Morgan fingerprint density at radius 2 is 2.12 bits per heavy atom. The van der Waals surface area contributed by atoms with Gasteiger partial charge in [-0.3, -0.25) is 9.69 Å². The minimum Gasteiger partial charge on any atom is -0.489 e. The number of carbonyl (C=O) groups excluding carboxylic acids is 1. The SMILES string of the molecule is CC(C)CN1CCOC(CNC(=O)c2cc(Cl)c3c(c2)OCCCO3)C1. The third-order valence-electron chi connectivity index (χ3n) is 4.40. The first kappa shape index (κ1) is 19.3. The summed E-state index contributed by atoms with van der Waals surface area (Å²) in [5.74, 6) is 1.47. The number of halogens is 1. The lowest BCUT2D eigenvalue weighted by Crippen LogP contribution is -2.48. The molecule has 144 valence electrons. The highest BCUT2D eigenvalue weighted by molar-refractivity contribution is 6.32. The molecule has 0 spiro atoms. The van der Waals surface area contributed by atoms with E-state index in [1.807, 2.05) is 0 Å². The summed E-state index contributed by atoms with van der Waals surface area (Å²) in [6.45, 7) is 9.52. The molecule has 1 amide bonds. The molecule has 1 N–H and O–H groups in total. The van der Waals surface area contributed by atoms with Gasteiger partial charge in [0.1, 0.15) is 0 Å². The van der Waals surface area contributed by atoms with Crippen molar-refractivity contribution in [3.8, 4) is 11.5 Å². The fourth-order valence-corrected chi connectivity index (χ4v) is 3.52. The van der Waals surface area contributed by atoms with Crippen LogP contribution < -0.4 is 14.8 Å². The van der Waals surface area contributed by atoms with Gasteiger partial charge in [0.2, 0.25) is 0 Å². The summed E-state index contributed by atoms with van der Waals surface area (Å²) >= 11 is 6.26. The number of nitrogens with zero attached hydrogens (tertiary/aromatic N) is 1. The van der Waals surface area contributed by atoms with Crippen LogP contribution in [0.4, 0.5) is 0 Å². The zero-order valence-corrected chi connectivity index (χ0v) is 16.2. The zero-order valence-electron chi connectivity index (χ0n) is 15.4. The molecule has 1 atom stereocenters. The Hall–Kier alpha value is -1.50. The average molecular weight is 383 g/mol. The number of hydrogen-bond donors (Lipinski definition) is 1. The number of morpholine rings is 1. The van der Waals surface area contributed by atoms with Gasteiger partial charge in [-0.2, -0.15) is 0 Å². The van der Waals surface area contributed by atoms with E-state index in [9.17, 15) is 4.79 Å². The number of amides is 1. The van der Waals surface area contributed by atoms with Gasteiger partial charge in [-0.05, 0) is 18.1 Å². The van der Waals surface area contributed by atoms with Crippen LogP contribution in [0.2, 0.25) is 5.02 Å². The van der Waals surface area contributed by atoms with Crippen molar-refractivity contribution in [1.82, 2.24) is 10.2 Å². The molecule has 0 aliphatic carbocycles. The smallest absolute Gasteiger partial charge is 0.251 e. The van der Waals surface area contributed by atoms with Crippen LogP contribution in [0.3, 0.4) is 0 Å². The molecule has 7 heteroatoms. The maximum absolute atomic E-state index is 12.5. The van der Waals surface area contributed by atoms with Gasteiger partial charge in [0.15, 0.2) is 11.5 Å². The molecule has 1 saturated heterocycles. The monoisotopic (exact) mass is 382 g/mol. The summed E-state index contributed by atoms with van der Waals surface area (Å²) in [5, 5.41) is 3.34. The second kappa shape index (κ2) is 8.93. The molecule has 2 heterocycles. The molecular weight excluding hydrogens is 356 g/mol. The first-order valence-corrected chi connectivity index (χ1v) is 9.62. The minimum absolute atomic E-state index is 0.00216. The minimum atomic E-state index is -0.188. The number of hydrogen-bond acceptors (Lipinski definition) is 5. The van der Waals surface area contributed by atoms with Gasteiger partial charge in [-0.25, -0.2) is 0 Å². The van der Waals surface area contributed by atoms with Crippen molar-refractivity contribution >= 4 is 17.5 Å². The van der Waals surface area contributed by atoms with E-state index in [4.69, 9.17) is 25.8 Å². The lowest BCUT2D eigenvalue weighted by molar-refractivity contribution is -0.0295. The van der Waals surface area contributed by atoms with Crippen molar-refractivity contribution in [2.45, 2.75) is 26.4 Å². The zero-order chi connectivity index (χ0) is 18.5. The summed E-state index contributed by atoms with van der Waals surface area (Å²) in [5.41, 5.74) is 0.467. The average Bonchev–Trinajstić information content (AvgIpc) is 2.85. The molecule has 0 radical (unpaired) electrons. The van der Waals surface area contributed by atoms with Gasteiger partial charge in [0.25, 0.3) is 5.91 Å². The molecule has 0 saturated carbocycles. The topological polar surface area (TPSA) is 60.0 Å². The van der Waals surface area contributed by atoms with E-state index in [2.05, 4.69) is 24.1 Å². The van der Waals surface area contributed by atoms with Crippen molar-refractivity contribution < 1.29 is 19.0 Å². The summed E-state index contributed by atoms with van der Waals surface area (Å²) in [7, 11) is 0. The van der Waals surface area contributed by atoms with Crippen LogP contribution in [-0.2, 0) is 4.74 Å². The van der Waals surface area contributed by atoms with Gasteiger partial charge in [-0.1, -0.05) is 25.4 Å². The van der Waals surface area contributed by atoms with E-state index in [0.717, 1.165) is 26.1 Å². The first-order chi connectivity index (χ1) is 12.5. The largest absolute Gasteiger partial charge is 0.489 e. The van der Waals surface area contributed by atoms with E-state index >= 15 is 0 Å².